The van der Waals surface area contributed by atoms with E-state index in [1.54, 1.807) is 15.6 Å². The summed E-state index contributed by atoms with van der Waals surface area (Å²) in [5.41, 5.74) is 2.04. The number of hydrogen-bond acceptors (Lipinski definition) is 3. The highest BCUT2D eigenvalue weighted by Crippen LogP contribution is 2.30. The molecule has 7 heteroatoms. The van der Waals surface area contributed by atoms with Gasteiger partial charge in [-0.1, -0.05) is 6.07 Å². The second-order valence-corrected chi connectivity index (χ2v) is 6.51. The molecule has 2 aromatic heterocycles. The Morgan fingerprint density at radius 3 is 2.88 bits per heavy atom. The zero-order valence-electron chi connectivity index (χ0n) is 14.1. The lowest BCUT2D eigenvalue weighted by molar-refractivity contribution is -0.134. The van der Waals surface area contributed by atoms with E-state index >= 15 is 0 Å². The zero-order chi connectivity index (χ0) is 18.1. The van der Waals surface area contributed by atoms with Gasteiger partial charge in [0.1, 0.15) is 0 Å². The van der Waals surface area contributed by atoms with Crippen LogP contribution in [0.5, 0.6) is 0 Å². The van der Waals surface area contributed by atoms with Crippen molar-refractivity contribution >= 4 is 11.6 Å². The lowest BCUT2D eigenvalue weighted by Crippen LogP contribution is -2.39. The van der Waals surface area contributed by atoms with Gasteiger partial charge in [-0.2, -0.15) is 5.10 Å². The molecule has 1 atom stereocenters. The van der Waals surface area contributed by atoms with Gasteiger partial charge < -0.3 is 4.90 Å². The van der Waals surface area contributed by atoms with Crippen molar-refractivity contribution in [3.05, 3.63) is 65.6 Å². The molecule has 1 amide bonds. The Morgan fingerprint density at radius 2 is 2.04 bits per heavy atom. The molecule has 0 aliphatic carbocycles. The maximum absolute atomic E-state index is 13.4. The molecule has 26 heavy (non-hydrogen) atoms. The largest absolute Gasteiger partial charge is 0.334 e. The number of nitrogens with zero attached hydrogens (tertiary/aromatic N) is 4. The van der Waals surface area contributed by atoms with Gasteiger partial charge in [-0.15, -0.1) is 0 Å². The average Bonchev–Trinajstić information content (AvgIpc) is 3.12. The molecule has 1 fully saturated rings. The topological polar surface area (TPSA) is 50.5 Å². The second-order valence-electron chi connectivity index (χ2n) is 6.51. The number of carbonyl (C=O) groups excluding carboxylic acids is 1. The fourth-order valence-electron chi connectivity index (χ4n) is 3.48. The van der Waals surface area contributed by atoms with Crippen molar-refractivity contribution in [2.24, 2.45) is 0 Å². The van der Waals surface area contributed by atoms with Crippen LogP contribution in [0.3, 0.4) is 0 Å². The third-order valence-corrected chi connectivity index (χ3v) is 4.78. The van der Waals surface area contributed by atoms with Crippen LogP contribution in [-0.2, 0) is 11.2 Å². The number of benzene rings is 1. The summed E-state index contributed by atoms with van der Waals surface area (Å²) in [6.45, 7) is 0.638. The van der Waals surface area contributed by atoms with E-state index in [9.17, 15) is 13.6 Å². The van der Waals surface area contributed by atoms with Gasteiger partial charge in [0.25, 0.3) is 0 Å². The second kappa shape index (κ2) is 6.82. The number of rotatable bonds is 3. The predicted molar refractivity (Wildman–Crippen MR) is 91.4 cm³/mol. The van der Waals surface area contributed by atoms with Gasteiger partial charge in [-0.25, -0.2) is 18.3 Å². The quantitative estimate of drug-likeness (QED) is 0.723. The molecule has 1 aromatic carbocycles. The van der Waals surface area contributed by atoms with Gasteiger partial charge in [0.15, 0.2) is 17.3 Å². The molecule has 1 aliphatic heterocycles. The summed E-state index contributed by atoms with van der Waals surface area (Å²) in [7, 11) is 0. The maximum Gasteiger partial charge on any atom is 0.227 e. The van der Waals surface area contributed by atoms with Gasteiger partial charge in [0, 0.05) is 18.8 Å². The highest BCUT2D eigenvalue weighted by molar-refractivity contribution is 5.79. The van der Waals surface area contributed by atoms with E-state index in [2.05, 4.69) is 10.1 Å². The molecule has 134 valence electrons. The minimum absolute atomic E-state index is 0.0443. The summed E-state index contributed by atoms with van der Waals surface area (Å²) in [5, 5.41) is 4.14. The Morgan fingerprint density at radius 1 is 1.15 bits per heavy atom. The molecule has 3 heterocycles. The molecule has 3 aromatic rings. The minimum Gasteiger partial charge on any atom is -0.334 e. The number of aromatic nitrogens is 3. The van der Waals surface area contributed by atoms with Crippen molar-refractivity contribution < 1.29 is 13.6 Å². The molecule has 1 saturated heterocycles. The van der Waals surface area contributed by atoms with Gasteiger partial charge >= 0.3 is 0 Å². The number of hydrogen-bond donors (Lipinski definition) is 0. The van der Waals surface area contributed by atoms with Gasteiger partial charge in [0.05, 0.1) is 24.4 Å². The van der Waals surface area contributed by atoms with Crippen LogP contribution in [0.25, 0.3) is 5.65 Å². The van der Waals surface area contributed by atoms with Crippen LogP contribution in [-0.4, -0.2) is 31.9 Å². The van der Waals surface area contributed by atoms with Crippen molar-refractivity contribution in [1.82, 2.24) is 19.5 Å². The highest BCUT2D eigenvalue weighted by Gasteiger charge is 2.29. The summed E-state index contributed by atoms with van der Waals surface area (Å²) in [5.74, 6) is -1.94. The van der Waals surface area contributed by atoms with E-state index in [-0.39, 0.29) is 18.4 Å². The molecule has 0 bridgehead atoms. The Kier molecular flexibility index (Phi) is 4.36. The number of amides is 1. The Bertz CT molecular complexity index is 956. The van der Waals surface area contributed by atoms with E-state index in [1.165, 1.54) is 6.07 Å². The average molecular weight is 356 g/mol. The van der Waals surface area contributed by atoms with E-state index in [0.717, 1.165) is 42.7 Å². The summed E-state index contributed by atoms with van der Waals surface area (Å²) >= 11 is 0. The first-order valence-corrected chi connectivity index (χ1v) is 8.65. The molecule has 0 N–H and O–H groups in total. The maximum atomic E-state index is 13.4. The monoisotopic (exact) mass is 356 g/mol. The van der Waals surface area contributed by atoms with E-state index in [4.69, 9.17) is 0 Å². The van der Waals surface area contributed by atoms with Gasteiger partial charge in [-0.3, -0.25) is 4.79 Å². The molecule has 4 rings (SSSR count). The van der Waals surface area contributed by atoms with Crippen LogP contribution < -0.4 is 0 Å². The first-order chi connectivity index (χ1) is 12.6. The SMILES string of the molecule is O=C(Cc1ccc(F)c(F)c1)N1CCCC[C@H]1c1ccn2nccc2n1. The molecule has 0 unspecified atom stereocenters. The molecular weight excluding hydrogens is 338 g/mol. The highest BCUT2D eigenvalue weighted by atomic mass is 19.2. The first kappa shape index (κ1) is 16.6. The third kappa shape index (κ3) is 3.16. The Balaban J connectivity index is 1.57. The van der Waals surface area contributed by atoms with Crippen LogP contribution in [0.1, 0.15) is 36.6 Å². The van der Waals surface area contributed by atoms with Crippen molar-refractivity contribution in [1.29, 1.82) is 0 Å². The number of carbonyl (C=O) groups is 1. The third-order valence-electron chi connectivity index (χ3n) is 4.78. The normalized spacial score (nSPS) is 17.6. The summed E-state index contributed by atoms with van der Waals surface area (Å²) in [6.07, 6.45) is 6.34. The Hall–Kier alpha value is -2.83. The minimum atomic E-state index is -0.932. The fourth-order valence-corrected chi connectivity index (χ4v) is 3.48. The summed E-state index contributed by atoms with van der Waals surface area (Å²) in [4.78, 5) is 19.3. The number of fused-ring (bicyclic) bond motifs is 1. The molecular formula is C19H18F2N4O. The summed E-state index contributed by atoms with van der Waals surface area (Å²) in [6, 6.07) is 7.18. The standard InChI is InChI=1S/C19H18F2N4O/c20-14-5-4-13(11-15(14)21)12-19(26)24-9-2-1-3-17(24)16-7-10-25-18(23-16)6-8-22-25/h4-8,10-11,17H,1-3,9,12H2/t17-/m0/s1. The molecule has 5 nitrogen and oxygen atoms in total. The van der Waals surface area contributed by atoms with Crippen LogP contribution in [0.2, 0.25) is 0 Å². The lowest BCUT2D eigenvalue weighted by Gasteiger charge is -2.35. The smallest absolute Gasteiger partial charge is 0.227 e. The van der Waals surface area contributed by atoms with Crippen LogP contribution >= 0.6 is 0 Å². The molecule has 0 spiro atoms. The molecule has 1 aliphatic rings. The van der Waals surface area contributed by atoms with E-state index < -0.39 is 11.6 Å². The van der Waals surface area contributed by atoms with Crippen molar-refractivity contribution in [3.63, 3.8) is 0 Å². The van der Waals surface area contributed by atoms with E-state index in [0.29, 0.717) is 12.1 Å². The van der Waals surface area contributed by atoms with Crippen molar-refractivity contribution in [2.75, 3.05) is 6.54 Å². The van der Waals surface area contributed by atoms with Gasteiger partial charge in [-0.05, 0) is 43.0 Å². The molecule has 0 radical (unpaired) electrons. The number of likely N-dealkylation sites (tertiary alicyclic amines) is 1. The van der Waals surface area contributed by atoms with Crippen molar-refractivity contribution in [3.8, 4) is 0 Å². The van der Waals surface area contributed by atoms with Crippen LogP contribution in [0.4, 0.5) is 8.78 Å². The number of piperidine rings is 1. The van der Waals surface area contributed by atoms with Gasteiger partial charge in [0.2, 0.25) is 5.91 Å². The van der Waals surface area contributed by atoms with Crippen LogP contribution in [0, 0.1) is 11.6 Å². The fraction of sp³-hybridized carbons (Fsp3) is 0.316. The van der Waals surface area contributed by atoms with Crippen LogP contribution in [0.15, 0.2) is 42.7 Å². The van der Waals surface area contributed by atoms with Crippen molar-refractivity contribution in [2.45, 2.75) is 31.7 Å². The van der Waals surface area contributed by atoms with E-state index in [1.807, 2.05) is 18.3 Å². The first-order valence-electron chi connectivity index (χ1n) is 8.65. The number of halogens is 2. The molecule has 0 saturated carbocycles. The lowest BCUT2D eigenvalue weighted by atomic mass is 9.98. The Labute approximate surface area is 149 Å². The summed E-state index contributed by atoms with van der Waals surface area (Å²) < 4.78 is 28.2. The predicted octanol–water partition coefficient (Wildman–Crippen LogP) is 3.30. The zero-order valence-corrected chi connectivity index (χ0v) is 14.1.